The van der Waals surface area contributed by atoms with Gasteiger partial charge in [-0.3, -0.25) is 9.59 Å². The molecule has 0 aromatic heterocycles. The number of hydrogen-bond donors (Lipinski definition) is 1. The number of carbonyl (C=O) groups is 2. The maximum absolute atomic E-state index is 12.7. The maximum atomic E-state index is 12.7. The van der Waals surface area contributed by atoms with Gasteiger partial charge in [-0.2, -0.15) is 0 Å². The molecule has 1 saturated heterocycles. The van der Waals surface area contributed by atoms with Crippen molar-refractivity contribution in [3.05, 3.63) is 29.3 Å². The molecule has 1 aromatic rings. The fraction of sp³-hybridized carbons (Fsp3) is 0.579. The molecule has 0 radical (unpaired) electrons. The third-order valence-electron chi connectivity index (χ3n) is 5.36. The molecular weight excluding hydrogens is 354 g/mol. The summed E-state index contributed by atoms with van der Waals surface area (Å²) in [5.41, 5.74) is 7.55. The first-order valence-corrected chi connectivity index (χ1v) is 8.98. The SMILES string of the molecule is COc1cc(C(=O)N2CCN(C(=O)C3CCC(N)C3)CC2)ccc1C.Cl. The van der Waals surface area contributed by atoms with Gasteiger partial charge in [0.15, 0.2) is 0 Å². The Hall–Kier alpha value is -1.79. The Kier molecular flexibility index (Phi) is 6.89. The zero-order valence-electron chi connectivity index (χ0n) is 15.4. The smallest absolute Gasteiger partial charge is 0.254 e. The number of ether oxygens (including phenoxy) is 1. The minimum atomic E-state index is -0.00622. The number of nitrogens with zero attached hydrogens (tertiary/aromatic N) is 2. The Labute approximate surface area is 161 Å². The quantitative estimate of drug-likeness (QED) is 0.866. The van der Waals surface area contributed by atoms with E-state index in [1.165, 1.54) is 0 Å². The normalized spacial score (nSPS) is 22.7. The maximum Gasteiger partial charge on any atom is 0.254 e. The summed E-state index contributed by atoms with van der Waals surface area (Å²) < 4.78 is 5.30. The monoisotopic (exact) mass is 381 g/mol. The van der Waals surface area contributed by atoms with Crippen LogP contribution in [0.2, 0.25) is 0 Å². The second kappa shape index (κ2) is 8.73. The Bertz CT molecular complexity index is 659. The number of methoxy groups -OCH3 is 1. The van der Waals surface area contributed by atoms with Crippen molar-refractivity contribution in [1.82, 2.24) is 9.80 Å². The van der Waals surface area contributed by atoms with Crippen LogP contribution in [-0.4, -0.2) is 60.9 Å². The molecule has 0 spiro atoms. The van der Waals surface area contributed by atoms with Gasteiger partial charge in [0.25, 0.3) is 5.91 Å². The van der Waals surface area contributed by atoms with Crippen LogP contribution in [-0.2, 0) is 4.79 Å². The van der Waals surface area contributed by atoms with Crippen molar-refractivity contribution < 1.29 is 14.3 Å². The summed E-state index contributed by atoms with van der Waals surface area (Å²) in [4.78, 5) is 29.0. The van der Waals surface area contributed by atoms with Crippen molar-refractivity contribution in [2.24, 2.45) is 11.7 Å². The summed E-state index contributed by atoms with van der Waals surface area (Å²) in [6.07, 6.45) is 2.62. The third kappa shape index (κ3) is 4.30. The highest BCUT2D eigenvalue weighted by molar-refractivity contribution is 5.95. The predicted octanol–water partition coefficient (Wildman–Crippen LogP) is 1.84. The highest BCUT2D eigenvalue weighted by atomic mass is 35.5. The number of carbonyl (C=O) groups excluding carboxylic acids is 2. The summed E-state index contributed by atoms with van der Waals surface area (Å²) >= 11 is 0. The number of piperazine rings is 1. The molecule has 6 nitrogen and oxygen atoms in total. The van der Waals surface area contributed by atoms with Crippen LogP contribution in [0, 0.1) is 12.8 Å². The fourth-order valence-corrected chi connectivity index (χ4v) is 3.76. The molecule has 3 rings (SSSR count). The number of benzene rings is 1. The molecular formula is C19H28ClN3O3. The van der Waals surface area contributed by atoms with Crippen LogP contribution >= 0.6 is 12.4 Å². The zero-order valence-corrected chi connectivity index (χ0v) is 16.3. The van der Waals surface area contributed by atoms with Crippen molar-refractivity contribution in [2.45, 2.75) is 32.2 Å². The number of rotatable bonds is 3. The van der Waals surface area contributed by atoms with Crippen LogP contribution in [0.15, 0.2) is 18.2 Å². The second-order valence-electron chi connectivity index (χ2n) is 7.07. The highest BCUT2D eigenvalue weighted by Gasteiger charge is 2.33. The van der Waals surface area contributed by atoms with E-state index >= 15 is 0 Å². The lowest BCUT2D eigenvalue weighted by molar-refractivity contribution is -0.136. The molecule has 2 aliphatic rings. The summed E-state index contributed by atoms with van der Waals surface area (Å²) in [6.45, 7) is 4.28. The number of halogens is 1. The van der Waals surface area contributed by atoms with Crippen LogP contribution in [0.25, 0.3) is 0 Å². The number of nitrogens with two attached hydrogens (primary N) is 1. The van der Waals surface area contributed by atoms with E-state index in [-0.39, 0.29) is 36.2 Å². The summed E-state index contributed by atoms with van der Waals surface area (Å²) in [6, 6.07) is 5.68. The van der Waals surface area contributed by atoms with E-state index in [1.54, 1.807) is 13.2 Å². The van der Waals surface area contributed by atoms with E-state index in [0.29, 0.717) is 31.7 Å². The molecule has 1 aliphatic heterocycles. The van der Waals surface area contributed by atoms with Crippen LogP contribution in [0.4, 0.5) is 0 Å². The topological polar surface area (TPSA) is 75.9 Å². The lowest BCUT2D eigenvalue weighted by Gasteiger charge is -2.36. The minimum Gasteiger partial charge on any atom is -0.496 e. The average molecular weight is 382 g/mol. The molecule has 2 unspecified atom stereocenters. The van der Waals surface area contributed by atoms with Gasteiger partial charge in [0.2, 0.25) is 5.91 Å². The van der Waals surface area contributed by atoms with Gasteiger partial charge < -0.3 is 20.3 Å². The van der Waals surface area contributed by atoms with Crippen LogP contribution in [0.3, 0.4) is 0 Å². The van der Waals surface area contributed by atoms with E-state index < -0.39 is 0 Å². The van der Waals surface area contributed by atoms with Gasteiger partial charge in [-0.1, -0.05) is 6.07 Å². The second-order valence-corrected chi connectivity index (χ2v) is 7.07. The molecule has 1 aromatic carbocycles. The summed E-state index contributed by atoms with van der Waals surface area (Å²) in [5, 5.41) is 0. The van der Waals surface area contributed by atoms with Crippen molar-refractivity contribution >= 4 is 24.2 Å². The molecule has 1 aliphatic carbocycles. The van der Waals surface area contributed by atoms with Gasteiger partial charge in [-0.25, -0.2) is 0 Å². The Morgan fingerprint density at radius 2 is 1.77 bits per heavy atom. The van der Waals surface area contributed by atoms with E-state index in [1.807, 2.05) is 28.9 Å². The van der Waals surface area contributed by atoms with Gasteiger partial charge in [-0.05, 0) is 43.9 Å². The Balaban J connectivity index is 0.00000243. The Morgan fingerprint density at radius 3 is 2.35 bits per heavy atom. The molecule has 2 atom stereocenters. The molecule has 1 saturated carbocycles. The predicted molar refractivity (Wildman–Crippen MR) is 103 cm³/mol. The number of amides is 2. The molecule has 2 fully saturated rings. The van der Waals surface area contributed by atoms with E-state index in [4.69, 9.17) is 10.5 Å². The number of hydrogen-bond acceptors (Lipinski definition) is 4. The first-order valence-electron chi connectivity index (χ1n) is 8.98. The lowest BCUT2D eigenvalue weighted by atomic mass is 10.1. The summed E-state index contributed by atoms with van der Waals surface area (Å²) in [7, 11) is 1.61. The lowest BCUT2D eigenvalue weighted by Crippen LogP contribution is -2.51. The first kappa shape index (κ1) is 20.5. The molecule has 1 heterocycles. The van der Waals surface area contributed by atoms with E-state index in [0.717, 1.165) is 30.6 Å². The molecule has 2 N–H and O–H groups in total. The van der Waals surface area contributed by atoms with Crippen molar-refractivity contribution in [1.29, 1.82) is 0 Å². The third-order valence-corrected chi connectivity index (χ3v) is 5.36. The molecule has 0 bridgehead atoms. The average Bonchev–Trinajstić information content (AvgIpc) is 3.07. The fourth-order valence-electron chi connectivity index (χ4n) is 3.76. The summed E-state index contributed by atoms with van der Waals surface area (Å²) in [5.74, 6) is 0.987. The van der Waals surface area contributed by atoms with Crippen molar-refractivity contribution in [3.63, 3.8) is 0 Å². The molecule has 26 heavy (non-hydrogen) atoms. The zero-order chi connectivity index (χ0) is 18.0. The first-order chi connectivity index (χ1) is 12.0. The number of aryl methyl sites for hydroxylation is 1. The van der Waals surface area contributed by atoms with E-state index in [9.17, 15) is 9.59 Å². The van der Waals surface area contributed by atoms with Gasteiger partial charge in [0.1, 0.15) is 5.75 Å². The molecule has 144 valence electrons. The van der Waals surface area contributed by atoms with Crippen molar-refractivity contribution in [3.8, 4) is 5.75 Å². The molecule has 7 heteroatoms. The van der Waals surface area contributed by atoms with Gasteiger partial charge in [0, 0.05) is 43.7 Å². The standard InChI is InChI=1S/C19H27N3O3.ClH/c1-13-3-4-15(12-17(13)25-2)19(24)22-9-7-21(8-10-22)18(23)14-5-6-16(20)11-14;/h3-4,12,14,16H,5-11,20H2,1-2H3;1H. The van der Waals surface area contributed by atoms with Crippen LogP contribution in [0.1, 0.15) is 35.2 Å². The van der Waals surface area contributed by atoms with Gasteiger partial charge in [0.05, 0.1) is 7.11 Å². The van der Waals surface area contributed by atoms with Gasteiger partial charge in [-0.15, -0.1) is 12.4 Å². The van der Waals surface area contributed by atoms with Crippen LogP contribution < -0.4 is 10.5 Å². The van der Waals surface area contributed by atoms with Crippen molar-refractivity contribution in [2.75, 3.05) is 33.3 Å². The largest absolute Gasteiger partial charge is 0.496 e. The Morgan fingerprint density at radius 1 is 1.12 bits per heavy atom. The van der Waals surface area contributed by atoms with E-state index in [2.05, 4.69) is 0 Å². The highest BCUT2D eigenvalue weighted by Crippen LogP contribution is 2.26. The molecule has 2 amide bonds. The minimum absolute atomic E-state index is 0. The van der Waals surface area contributed by atoms with Crippen LogP contribution in [0.5, 0.6) is 5.75 Å². The van der Waals surface area contributed by atoms with Gasteiger partial charge >= 0.3 is 0 Å².